The number of hydrogen-bond acceptors (Lipinski definition) is 3. The number of nitrogens with zero attached hydrogens (tertiary/aromatic N) is 2. The number of aromatic nitrogens is 2. The standard InChI is InChI=1S/C17H12BrClN3O2.Y/c1-22-9-13(16(23)12-6-15(18)20-8-14(12)22)17(24)21-7-10-2-4-11(19)5-3-10;/h2-6,9H,7H2,1H3,(H,21,24);/q-1;+3. The van der Waals surface area contributed by atoms with Gasteiger partial charge in [-0.2, -0.15) is 0 Å². The van der Waals surface area contributed by atoms with Crippen LogP contribution in [0.25, 0.3) is 10.9 Å². The Morgan fingerprint density at radius 1 is 1.36 bits per heavy atom. The Morgan fingerprint density at radius 3 is 2.72 bits per heavy atom. The summed E-state index contributed by atoms with van der Waals surface area (Å²) in [6.07, 6.45) is 4.27. The topological polar surface area (TPSA) is 64.0 Å². The van der Waals surface area contributed by atoms with E-state index in [9.17, 15) is 9.59 Å². The van der Waals surface area contributed by atoms with Crippen molar-refractivity contribution in [3.8, 4) is 0 Å². The zero-order valence-electron chi connectivity index (χ0n) is 13.2. The monoisotopic (exact) mass is 493 g/mol. The first kappa shape index (κ1) is 20.2. The Labute approximate surface area is 182 Å². The number of fused-ring (bicyclic) bond motifs is 1. The second-order valence-corrected chi connectivity index (χ2v) is 6.49. The van der Waals surface area contributed by atoms with Gasteiger partial charge in [-0.15, -0.1) is 22.0 Å². The van der Waals surface area contributed by atoms with Crippen LogP contribution >= 0.6 is 27.5 Å². The second kappa shape index (κ2) is 8.54. The van der Waals surface area contributed by atoms with Crippen LogP contribution in [-0.2, 0) is 46.3 Å². The maximum absolute atomic E-state index is 12.6. The molecule has 1 N–H and O–H groups in total. The van der Waals surface area contributed by atoms with Crippen molar-refractivity contribution in [3.63, 3.8) is 0 Å². The minimum Gasteiger partial charge on any atom is -0.377 e. The maximum Gasteiger partial charge on any atom is 3.00 e. The van der Waals surface area contributed by atoms with E-state index in [1.54, 1.807) is 29.8 Å². The molecule has 2 heterocycles. The summed E-state index contributed by atoms with van der Waals surface area (Å²) in [5.41, 5.74) is 1.16. The van der Waals surface area contributed by atoms with Crippen molar-refractivity contribution in [1.29, 1.82) is 0 Å². The molecule has 0 aliphatic heterocycles. The molecule has 5 nitrogen and oxygen atoms in total. The Bertz CT molecular complexity index is 990. The molecule has 1 amide bonds. The molecule has 25 heavy (non-hydrogen) atoms. The van der Waals surface area contributed by atoms with Crippen molar-refractivity contribution >= 4 is 44.3 Å². The summed E-state index contributed by atoms with van der Waals surface area (Å²) in [6.45, 7) is 0.309. The maximum atomic E-state index is 12.6. The summed E-state index contributed by atoms with van der Waals surface area (Å²) in [4.78, 5) is 29.0. The summed E-state index contributed by atoms with van der Waals surface area (Å²) in [5, 5.41) is 3.77. The predicted molar refractivity (Wildman–Crippen MR) is 96.1 cm³/mol. The molecule has 2 aromatic heterocycles. The molecule has 0 atom stereocenters. The number of pyridine rings is 2. The van der Waals surface area contributed by atoms with E-state index in [4.69, 9.17) is 11.6 Å². The van der Waals surface area contributed by atoms with Crippen molar-refractivity contribution in [2.75, 3.05) is 0 Å². The number of amides is 1. The van der Waals surface area contributed by atoms with Crippen molar-refractivity contribution in [1.82, 2.24) is 14.9 Å². The van der Waals surface area contributed by atoms with Crippen LogP contribution in [0, 0.1) is 6.20 Å². The summed E-state index contributed by atoms with van der Waals surface area (Å²) in [6, 6.07) is 8.72. The third-order valence-electron chi connectivity index (χ3n) is 3.56. The van der Waals surface area contributed by atoms with Crippen molar-refractivity contribution < 1.29 is 37.5 Å². The molecule has 0 radical (unpaired) electrons. The number of benzene rings is 1. The Kier molecular flexibility index (Phi) is 6.91. The van der Waals surface area contributed by atoms with E-state index in [1.165, 1.54) is 6.20 Å². The number of halogens is 2. The predicted octanol–water partition coefficient (Wildman–Crippen LogP) is 3.08. The van der Waals surface area contributed by atoms with Crippen molar-refractivity contribution in [2.45, 2.75) is 6.54 Å². The van der Waals surface area contributed by atoms with Crippen LogP contribution < -0.4 is 10.7 Å². The fourth-order valence-corrected chi connectivity index (χ4v) is 2.78. The molecule has 3 aromatic rings. The molecule has 1 aromatic carbocycles. The Hall–Kier alpha value is -1.08. The fourth-order valence-electron chi connectivity index (χ4n) is 2.33. The van der Waals surface area contributed by atoms with Crippen LogP contribution in [0.1, 0.15) is 15.9 Å². The third kappa shape index (κ3) is 4.56. The molecule has 0 bridgehead atoms. The fraction of sp³-hybridized carbons (Fsp3) is 0.118. The Morgan fingerprint density at radius 2 is 2.04 bits per heavy atom. The van der Waals surface area contributed by atoms with Crippen molar-refractivity contribution in [3.05, 3.63) is 73.7 Å². The van der Waals surface area contributed by atoms with Gasteiger partial charge in [0.25, 0.3) is 5.91 Å². The number of hydrogen-bond donors (Lipinski definition) is 1. The number of carbonyl (C=O) groups is 1. The van der Waals surface area contributed by atoms with Gasteiger partial charge in [0.2, 0.25) is 0 Å². The minimum absolute atomic E-state index is 0. The molecule has 0 saturated carbocycles. The van der Waals surface area contributed by atoms with E-state index in [2.05, 4.69) is 32.4 Å². The normalized spacial score (nSPS) is 10.4. The smallest absolute Gasteiger partial charge is 0.377 e. The molecule has 0 unspecified atom stereocenters. The van der Waals surface area contributed by atoms with Gasteiger partial charge in [-0.25, -0.2) is 0 Å². The first-order valence-electron chi connectivity index (χ1n) is 7.06. The van der Waals surface area contributed by atoms with Gasteiger partial charge in [0.1, 0.15) is 5.43 Å². The first-order valence-corrected chi connectivity index (χ1v) is 8.23. The molecule has 0 saturated heterocycles. The van der Waals surface area contributed by atoms with Gasteiger partial charge in [0, 0.05) is 24.8 Å². The van der Waals surface area contributed by atoms with Gasteiger partial charge in [0.05, 0.1) is 5.56 Å². The molecule has 0 spiro atoms. The zero-order chi connectivity index (χ0) is 17.3. The van der Waals surface area contributed by atoms with Crippen LogP contribution in [-0.4, -0.2) is 15.5 Å². The van der Waals surface area contributed by atoms with Gasteiger partial charge in [-0.05, 0) is 27.8 Å². The number of nitrogens with one attached hydrogen (secondary N) is 1. The molecular formula is C17H12BrClN3O2Y+2. The van der Waals surface area contributed by atoms with E-state index >= 15 is 0 Å². The molecular weight excluding hydrogens is 482 g/mol. The quantitative estimate of drug-likeness (QED) is 0.450. The number of carbonyl (C=O) groups excluding carboxylic acids is 1. The average molecular weight is 495 g/mol. The second-order valence-electron chi connectivity index (χ2n) is 5.24. The van der Waals surface area contributed by atoms with E-state index in [-0.39, 0.29) is 43.7 Å². The van der Waals surface area contributed by atoms with E-state index < -0.39 is 5.91 Å². The molecule has 0 aliphatic carbocycles. The van der Waals surface area contributed by atoms with E-state index in [0.717, 1.165) is 5.56 Å². The third-order valence-corrected chi connectivity index (χ3v) is 4.22. The van der Waals surface area contributed by atoms with Gasteiger partial charge < -0.3 is 19.7 Å². The van der Waals surface area contributed by atoms with Crippen LogP contribution in [0.4, 0.5) is 0 Å². The summed E-state index contributed by atoms with van der Waals surface area (Å²) < 4.78 is 2.15. The first-order chi connectivity index (χ1) is 11.5. The van der Waals surface area contributed by atoms with Crippen LogP contribution in [0.2, 0.25) is 5.02 Å². The summed E-state index contributed by atoms with van der Waals surface area (Å²) in [5.74, 6) is -0.430. The van der Waals surface area contributed by atoms with Crippen molar-refractivity contribution in [2.24, 2.45) is 7.05 Å². The minimum atomic E-state index is -0.430. The molecule has 0 aliphatic rings. The average Bonchev–Trinajstić information content (AvgIpc) is 2.57. The summed E-state index contributed by atoms with van der Waals surface area (Å²) in [7, 11) is 1.74. The largest absolute Gasteiger partial charge is 3.00 e. The van der Waals surface area contributed by atoms with Crippen LogP contribution in [0.5, 0.6) is 0 Å². The van der Waals surface area contributed by atoms with Gasteiger partial charge in [-0.1, -0.05) is 35.3 Å². The molecule has 122 valence electrons. The number of aryl methyl sites for hydroxylation is 1. The Balaban J connectivity index is 0.00000225. The molecule has 3 rings (SSSR count). The zero-order valence-corrected chi connectivity index (χ0v) is 18.4. The van der Waals surface area contributed by atoms with E-state index in [0.29, 0.717) is 27.1 Å². The number of rotatable bonds is 3. The van der Waals surface area contributed by atoms with Gasteiger partial charge in [0.15, 0.2) is 0 Å². The summed E-state index contributed by atoms with van der Waals surface area (Å²) >= 11 is 9.05. The SMILES string of the molecule is Cn1cc(C(=O)NCc2ccc(Cl)cc2)c(=O)c2cc(Br)n[c-]c21.[Y+3]. The van der Waals surface area contributed by atoms with Crippen LogP contribution in [0.3, 0.4) is 0 Å². The van der Waals surface area contributed by atoms with Gasteiger partial charge in [-0.3, -0.25) is 4.79 Å². The van der Waals surface area contributed by atoms with E-state index in [1.807, 2.05) is 12.1 Å². The van der Waals surface area contributed by atoms with Gasteiger partial charge >= 0.3 is 32.7 Å². The van der Waals surface area contributed by atoms with Crippen LogP contribution in [0.15, 0.2) is 45.9 Å². The molecule has 8 heteroatoms. The molecule has 0 fully saturated rings.